The lowest BCUT2D eigenvalue weighted by atomic mass is 9.78. The van der Waals surface area contributed by atoms with E-state index in [0.29, 0.717) is 6.42 Å². The zero-order chi connectivity index (χ0) is 17.6. The second-order valence-corrected chi connectivity index (χ2v) is 6.84. The molecule has 130 valence electrons. The van der Waals surface area contributed by atoms with Crippen LogP contribution in [0, 0.1) is 5.92 Å². The number of hydrogen-bond donors (Lipinski definition) is 3. The van der Waals surface area contributed by atoms with Crippen LogP contribution >= 0.6 is 0 Å². The van der Waals surface area contributed by atoms with E-state index in [0.717, 1.165) is 36.9 Å². The molecule has 2 aromatic rings. The Morgan fingerprint density at radius 2 is 2.16 bits per heavy atom. The third kappa shape index (κ3) is 2.46. The minimum atomic E-state index is -1.05. The average Bonchev–Trinajstić information content (AvgIpc) is 3.00. The van der Waals surface area contributed by atoms with Crippen LogP contribution < -0.4 is 0 Å². The lowest BCUT2D eigenvalue weighted by Crippen LogP contribution is -2.43. The van der Waals surface area contributed by atoms with Gasteiger partial charge in [0.1, 0.15) is 0 Å². The van der Waals surface area contributed by atoms with Gasteiger partial charge in [-0.3, -0.25) is 4.90 Å². The lowest BCUT2D eigenvalue weighted by Gasteiger charge is -2.43. The standard InChI is InChI=1S/C20H22N2O3/c1-2-12-10-22-8-7-14-13-5-3-4-6-17(13)21-19(14)18(22)9-15(12)16(11-23)20(24)25/h2-6,11,15,18,21,23H,7-10H2,1H3,(H,24,25)/b12-2-,16-11-/t15-,18-/m0/s1. The first-order chi connectivity index (χ1) is 12.1. The Morgan fingerprint density at radius 3 is 2.88 bits per heavy atom. The molecule has 4 rings (SSSR count). The van der Waals surface area contributed by atoms with E-state index in [1.807, 2.05) is 19.1 Å². The highest BCUT2D eigenvalue weighted by Gasteiger charge is 2.39. The van der Waals surface area contributed by atoms with Crippen molar-refractivity contribution in [2.24, 2.45) is 5.92 Å². The third-order valence-electron chi connectivity index (χ3n) is 5.69. The van der Waals surface area contributed by atoms with Crippen LogP contribution in [0.2, 0.25) is 0 Å². The molecule has 0 radical (unpaired) electrons. The first-order valence-electron chi connectivity index (χ1n) is 8.70. The highest BCUT2D eigenvalue weighted by Crippen LogP contribution is 2.44. The maximum absolute atomic E-state index is 11.6. The summed E-state index contributed by atoms with van der Waals surface area (Å²) in [5, 5.41) is 20.2. The van der Waals surface area contributed by atoms with E-state index in [1.165, 1.54) is 16.6 Å². The molecule has 5 heteroatoms. The summed E-state index contributed by atoms with van der Waals surface area (Å²) in [7, 11) is 0. The lowest BCUT2D eigenvalue weighted by molar-refractivity contribution is -0.133. The number of rotatable bonds is 2. The van der Waals surface area contributed by atoms with E-state index in [4.69, 9.17) is 0 Å². The highest BCUT2D eigenvalue weighted by atomic mass is 16.4. The summed E-state index contributed by atoms with van der Waals surface area (Å²) in [4.78, 5) is 17.5. The van der Waals surface area contributed by atoms with E-state index in [1.54, 1.807) is 0 Å². The number of hydrogen-bond acceptors (Lipinski definition) is 3. The van der Waals surface area contributed by atoms with Crippen molar-refractivity contribution >= 4 is 16.9 Å². The molecule has 0 bridgehead atoms. The first kappa shape index (κ1) is 16.0. The van der Waals surface area contributed by atoms with Crippen LogP contribution in [0.1, 0.15) is 30.6 Å². The molecular formula is C20H22N2O3. The van der Waals surface area contributed by atoms with Gasteiger partial charge in [0, 0.05) is 35.6 Å². The van der Waals surface area contributed by atoms with Crippen LogP contribution in [-0.2, 0) is 11.2 Å². The van der Waals surface area contributed by atoms with Crippen LogP contribution in [-0.4, -0.2) is 39.2 Å². The molecule has 3 N–H and O–H groups in total. The first-order valence-corrected chi connectivity index (χ1v) is 8.70. The number of aliphatic carboxylic acids is 1. The van der Waals surface area contributed by atoms with Gasteiger partial charge in [0.05, 0.1) is 17.9 Å². The number of aromatic nitrogens is 1. The normalized spacial score (nSPS) is 25.8. The van der Waals surface area contributed by atoms with Gasteiger partial charge in [-0.2, -0.15) is 0 Å². The predicted molar refractivity (Wildman–Crippen MR) is 96.5 cm³/mol. The Kier molecular flexibility index (Phi) is 3.88. The van der Waals surface area contributed by atoms with Crippen molar-refractivity contribution in [1.82, 2.24) is 9.88 Å². The number of nitrogens with one attached hydrogen (secondary N) is 1. The van der Waals surface area contributed by atoms with Gasteiger partial charge in [0.15, 0.2) is 0 Å². The summed E-state index contributed by atoms with van der Waals surface area (Å²) >= 11 is 0. The second-order valence-electron chi connectivity index (χ2n) is 6.84. The SMILES string of the molecule is C/C=C1/CN2CCc3c([nH]c4ccccc34)[C@@H]2C[C@@H]1/C(=C/O)C(=O)O. The predicted octanol–water partition coefficient (Wildman–Crippen LogP) is 3.56. The number of aromatic amines is 1. The van der Waals surface area contributed by atoms with Crippen molar-refractivity contribution < 1.29 is 15.0 Å². The molecular weight excluding hydrogens is 316 g/mol. The highest BCUT2D eigenvalue weighted by molar-refractivity contribution is 5.88. The molecule has 1 saturated heterocycles. The second kappa shape index (κ2) is 6.08. The summed E-state index contributed by atoms with van der Waals surface area (Å²) in [5.41, 5.74) is 4.84. The topological polar surface area (TPSA) is 76.6 Å². The van der Waals surface area contributed by atoms with Gasteiger partial charge >= 0.3 is 5.97 Å². The fourth-order valence-electron chi connectivity index (χ4n) is 4.46. The summed E-state index contributed by atoms with van der Waals surface area (Å²) in [6, 6.07) is 8.47. The third-order valence-corrected chi connectivity index (χ3v) is 5.69. The van der Waals surface area contributed by atoms with E-state index in [9.17, 15) is 15.0 Å². The zero-order valence-corrected chi connectivity index (χ0v) is 14.2. The largest absolute Gasteiger partial charge is 0.515 e. The van der Waals surface area contributed by atoms with E-state index in [2.05, 4.69) is 28.1 Å². The number of H-pyrrole nitrogens is 1. The van der Waals surface area contributed by atoms with E-state index in [-0.39, 0.29) is 17.5 Å². The Balaban J connectivity index is 1.77. The number of piperidine rings is 1. The van der Waals surface area contributed by atoms with Crippen molar-refractivity contribution in [3.8, 4) is 0 Å². The molecule has 3 heterocycles. The van der Waals surface area contributed by atoms with E-state index < -0.39 is 5.97 Å². The van der Waals surface area contributed by atoms with Crippen LogP contribution in [0.3, 0.4) is 0 Å². The molecule has 1 aromatic heterocycles. The number of nitrogens with zero attached hydrogens (tertiary/aromatic N) is 1. The smallest absolute Gasteiger partial charge is 0.335 e. The molecule has 0 unspecified atom stereocenters. The number of aliphatic hydroxyl groups excluding tert-OH is 1. The van der Waals surface area contributed by atoms with Gasteiger partial charge in [-0.25, -0.2) is 4.79 Å². The molecule has 2 aliphatic heterocycles. The van der Waals surface area contributed by atoms with Crippen LogP contribution in [0.4, 0.5) is 0 Å². The van der Waals surface area contributed by atoms with Gasteiger partial charge in [-0.15, -0.1) is 0 Å². The molecule has 2 atom stereocenters. The van der Waals surface area contributed by atoms with Crippen molar-refractivity contribution in [1.29, 1.82) is 0 Å². The van der Waals surface area contributed by atoms with Crippen LogP contribution in [0.25, 0.3) is 10.9 Å². The number of benzene rings is 1. The Hall–Kier alpha value is -2.53. The monoisotopic (exact) mass is 338 g/mol. The van der Waals surface area contributed by atoms with Gasteiger partial charge in [-0.1, -0.05) is 29.8 Å². The van der Waals surface area contributed by atoms with Crippen molar-refractivity contribution in [2.75, 3.05) is 13.1 Å². The molecule has 0 saturated carbocycles. The zero-order valence-electron chi connectivity index (χ0n) is 14.2. The fourth-order valence-corrected chi connectivity index (χ4v) is 4.46. The van der Waals surface area contributed by atoms with Gasteiger partial charge in [0.2, 0.25) is 0 Å². The number of carboxylic acids is 1. The summed E-state index contributed by atoms with van der Waals surface area (Å²) in [6.07, 6.45) is 4.42. The van der Waals surface area contributed by atoms with E-state index >= 15 is 0 Å². The van der Waals surface area contributed by atoms with Crippen molar-refractivity contribution in [2.45, 2.75) is 25.8 Å². The molecule has 1 aromatic carbocycles. The molecule has 5 nitrogen and oxygen atoms in total. The van der Waals surface area contributed by atoms with Gasteiger partial charge in [0.25, 0.3) is 0 Å². The molecule has 0 spiro atoms. The maximum atomic E-state index is 11.6. The maximum Gasteiger partial charge on any atom is 0.335 e. The van der Waals surface area contributed by atoms with Gasteiger partial charge in [-0.05, 0) is 31.4 Å². The number of carboxylic acid groups (broad SMARTS) is 1. The molecule has 1 fully saturated rings. The van der Waals surface area contributed by atoms with Crippen LogP contribution in [0.15, 0.2) is 47.7 Å². The Morgan fingerprint density at radius 1 is 1.36 bits per heavy atom. The van der Waals surface area contributed by atoms with Crippen molar-refractivity contribution in [3.63, 3.8) is 0 Å². The molecule has 25 heavy (non-hydrogen) atoms. The molecule has 2 aliphatic rings. The average molecular weight is 338 g/mol. The molecule has 0 amide bonds. The quantitative estimate of drug-likeness (QED) is 0.444. The summed E-state index contributed by atoms with van der Waals surface area (Å²) in [5.74, 6) is -1.31. The number of allylic oxidation sites excluding steroid dienone is 1. The Labute approximate surface area is 146 Å². The number of aliphatic hydroxyl groups is 1. The molecule has 0 aliphatic carbocycles. The van der Waals surface area contributed by atoms with Crippen LogP contribution in [0.5, 0.6) is 0 Å². The minimum Gasteiger partial charge on any atom is -0.515 e. The summed E-state index contributed by atoms with van der Waals surface area (Å²) in [6.45, 7) is 3.65. The van der Waals surface area contributed by atoms with Crippen molar-refractivity contribution in [3.05, 3.63) is 59.0 Å². The Bertz CT molecular complexity index is 893. The fraction of sp³-hybridized carbons (Fsp3) is 0.350. The van der Waals surface area contributed by atoms with Gasteiger partial charge < -0.3 is 15.2 Å². The summed E-state index contributed by atoms with van der Waals surface area (Å²) < 4.78 is 0. The minimum absolute atomic E-state index is 0.0796. The number of carbonyl (C=O) groups is 1. The number of fused-ring (bicyclic) bond motifs is 5. The number of para-hydroxylation sites is 1.